The Labute approximate surface area is 126 Å². The second-order valence-electron chi connectivity index (χ2n) is 5.19. The molecule has 0 saturated heterocycles. The first-order chi connectivity index (χ1) is 10.5. The summed E-state index contributed by atoms with van der Waals surface area (Å²) < 4.78 is 56.5. The van der Waals surface area contributed by atoms with Crippen LogP contribution in [-0.2, 0) is 6.42 Å². The van der Waals surface area contributed by atoms with Gasteiger partial charge in [0.2, 0.25) is 0 Å². The first-order valence-electron chi connectivity index (χ1n) is 7.18. The Bertz CT molecular complexity index is 636. The first-order valence-corrected chi connectivity index (χ1v) is 7.18. The number of anilines is 1. The normalized spacial score (nSPS) is 11.0. The number of unbranched alkanes of at least 4 members (excludes halogenated alkanes) is 2. The van der Waals surface area contributed by atoms with Crippen LogP contribution in [0.3, 0.4) is 0 Å². The van der Waals surface area contributed by atoms with Crippen LogP contribution in [0.1, 0.15) is 31.7 Å². The molecule has 0 amide bonds. The number of halogens is 4. The molecule has 0 aromatic heterocycles. The molecular formula is C17H17F4N. The minimum Gasteiger partial charge on any atom is -0.399 e. The molecule has 0 unspecified atom stereocenters. The smallest absolute Gasteiger partial charge is 0.170 e. The van der Waals surface area contributed by atoms with Gasteiger partial charge in [0.05, 0.1) is 5.56 Å². The molecule has 5 heteroatoms. The molecule has 1 nitrogen and oxygen atoms in total. The van der Waals surface area contributed by atoms with Crippen LogP contribution in [0, 0.1) is 23.3 Å². The fourth-order valence-corrected chi connectivity index (χ4v) is 2.35. The SMILES string of the molecule is CCCCCc1c(F)c(F)c(-c2ccc(N)cc2)c(F)c1F. The van der Waals surface area contributed by atoms with Crippen LogP contribution in [0.2, 0.25) is 0 Å². The Morgan fingerprint density at radius 2 is 1.36 bits per heavy atom. The maximum atomic E-state index is 14.2. The first kappa shape index (κ1) is 16.3. The Hall–Kier alpha value is -2.04. The molecule has 0 aliphatic carbocycles. The van der Waals surface area contributed by atoms with E-state index >= 15 is 0 Å². The highest BCUT2D eigenvalue weighted by molar-refractivity contribution is 5.67. The molecule has 0 heterocycles. The summed E-state index contributed by atoms with van der Waals surface area (Å²) in [6.45, 7) is 1.93. The predicted octanol–water partition coefficient (Wildman–Crippen LogP) is 5.22. The van der Waals surface area contributed by atoms with E-state index in [1.165, 1.54) is 24.3 Å². The minimum atomic E-state index is -1.37. The van der Waals surface area contributed by atoms with E-state index in [0.717, 1.165) is 12.8 Å². The van der Waals surface area contributed by atoms with Crippen molar-refractivity contribution in [3.05, 3.63) is 53.1 Å². The van der Waals surface area contributed by atoms with E-state index in [4.69, 9.17) is 5.73 Å². The Balaban J connectivity index is 2.51. The lowest BCUT2D eigenvalue weighted by molar-refractivity contribution is 0.440. The maximum absolute atomic E-state index is 14.2. The van der Waals surface area contributed by atoms with E-state index in [1.54, 1.807) is 0 Å². The van der Waals surface area contributed by atoms with Crippen molar-refractivity contribution in [1.82, 2.24) is 0 Å². The lowest BCUT2D eigenvalue weighted by Gasteiger charge is -2.12. The highest BCUT2D eigenvalue weighted by atomic mass is 19.2. The van der Waals surface area contributed by atoms with Crippen molar-refractivity contribution < 1.29 is 17.6 Å². The second kappa shape index (κ2) is 6.81. The van der Waals surface area contributed by atoms with Crippen LogP contribution in [0.5, 0.6) is 0 Å². The number of nitrogen functional groups attached to an aromatic ring is 1. The van der Waals surface area contributed by atoms with Crippen molar-refractivity contribution in [3.8, 4) is 11.1 Å². The summed E-state index contributed by atoms with van der Waals surface area (Å²) in [5.41, 5.74) is 4.71. The number of nitrogens with two attached hydrogens (primary N) is 1. The summed E-state index contributed by atoms with van der Waals surface area (Å²) in [4.78, 5) is 0. The standard InChI is InChI=1S/C17H17F4N/c1-2-3-4-5-12-14(18)16(20)13(17(21)15(12)19)10-6-8-11(22)9-7-10/h6-9H,2-5,22H2,1H3. The third-order valence-electron chi connectivity index (χ3n) is 3.58. The summed E-state index contributed by atoms with van der Waals surface area (Å²) >= 11 is 0. The number of rotatable bonds is 5. The summed E-state index contributed by atoms with van der Waals surface area (Å²) in [5, 5.41) is 0. The van der Waals surface area contributed by atoms with Gasteiger partial charge in [0.15, 0.2) is 23.3 Å². The topological polar surface area (TPSA) is 26.0 Å². The van der Waals surface area contributed by atoms with Crippen LogP contribution in [-0.4, -0.2) is 0 Å². The van der Waals surface area contributed by atoms with Gasteiger partial charge in [-0.1, -0.05) is 31.9 Å². The van der Waals surface area contributed by atoms with Gasteiger partial charge in [-0.3, -0.25) is 0 Å². The molecule has 2 aromatic rings. The van der Waals surface area contributed by atoms with E-state index in [2.05, 4.69) is 0 Å². The lowest BCUT2D eigenvalue weighted by Crippen LogP contribution is -2.06. The predicted molar refractivity (Wildman–Crippen MR) is 79.4 cm³/mol. The maximum Gasteiger partial charge on any atom is 0.170 e. The molecule has 22 heavy (non-hydrogen) atoms. The molecule has 0 atom stereocenters. The zero-order chi connectivity index (χ0) is 16.3. The van der Waals surface area contributed by atoms with Crippen LogP contribution < -0.4 is 5.73 Å². The fraction of sp³-hybridized carbons (Fsp3) is 0.294. The Kier molecular flexibility index (Phi) is 5.06. The summed E-state index contributed by atoms with van der Waals surface area (Å²) in [5.74, 6) is -5.37. The highest BCUT2D eigenvalue weighted by Gasteiger charge is 2.25. The van der Waals surface area contributed by atoms with Crippen LogP contribution in [0.15, 0.2) is 24.3 Å². The van der Waals surface area contributed by atoms with Crippen molar-refractivity contribution in [1.29, 1.82) is 0 Å². The van der Waals surface area contributed by atoms with Gasteiger partial charge >= 0.3 is 0 Å². The van der Waals surface area contributed by atoms with E-state index in [-0.39, 0.29) is 12.0 Å². The van der Waals surface area contributed by atoms with Gasteiger partial charge < -0.3 is 5.73 Å². The third kappa shape index (κ3) is 3.08. The monoisotopic (exact) mass is 311 g/mol. The van der Waals surface area contributed by atoms with Gasteiger partial charge in [0.25, 0.3) is 0 Å². The number of hydrogen-bond acceptors (Lipinski definition) is 1. The Morgan fingerprint density at radius 3 is 1.86 bits per heavy atom. The third-order valence-corrected chi connectivity index (χ3v) is 3.58. The fourth-order valence-electron chi connectivity index (χ4n) is 2.35. The summed E-state index contributed by atoms with van der Waals surface area (Å²) in [6.07, 6.45) is 2.03. The molecule has 0 bridgehead atoms. The number of benzene rings is 2. The van der Waals surface area contributed by atoms with E-state index in [0.29, 0.717) is 12.1 Å². The molecule has 2 N–H and O–H groups in total. The Morgan fingerprint density at radius 1 is 0.818 bits per heavy atom. The summed E-state index contributed by atoms with van der Waals surface area (Å²) in [6, 6.07) is 5.48. The molecule has 0 saturated carbocycles. The molecule has 0 spiro atoms. The molecule has 2 aromatic carbocycles. The van der Waals surface area contributed by atoms with Crippen molar-refractivity contribution in [2.75, 3.05) is 5.73 Å². The van der Waals surface area contributed by atoms with Crippen molar-refractivity contribution in [2.24, 2.45) is 0 Å². The second-order valence-corrected chi connectivity index (χ2v) is 5.19. The molecule has 118 valence electrons. The largest absolute Gasteiger partial charge is 0.399 e. The van der Waals surface area contributed by atoms with Gasteiger partial charge in [-0.15, -0.1) is 0 Å². The molecule has 0 aliphatic rings. The van der Waals surface area contributed by atoms with Crippen LogP contribution in [0.4, 0.5) is 23.2 Å². The molecule has 0 fully saturated rings. The quantitative estimate of drug-likeness (QED) is 0.348. The van der Waals surface area contributed by atoms with Crippen LogP contribution in [0.25, 0.3) is 11.1 Å². The average Bonchev–Trinajstić information content (AvgIpc) is 2.51. The van der Waals surface area contributed by atoms with Gasteiger partial charge in [-0.25, -0.2) is 17.6 Å². The molecule has 0 aliphatic heterocycles. The van der Waals surface area contributed by atoms with Crippen LogP contribution >= 0.6 is 0 Å². The van der Waals surface area contributed by atoms with E-state index < -0.39 is 34.4 Å². The molecule has 2 rings (SSSR count). The molecule has 0 radical (unpaired) electrons. The van der Waals surface area contributed by atoms with E-state index in [9.17, 15) is 17.6 Å². The zero-order valence-corrected chi connectivity index (χ0v) is 12.2. The highest BCUT2D eigenvalue weighted by Crippen LogP contribution is 2.33. The minimum absolute atomic E-state index is 0.0264. The number of hydrogen-bond donors (Lipinski definition) is 1. The average molecular weight is 311 g/mol. The van der Waals surface area contributed by atoms with Gasteiger partial charge in [-0.2, -0.15) is 0 Å². The van der Waals surface area contributed by atoms with Crippen molar-refractivity contribution in [2.45, 2.75) is 32.6 Å². The van der Waals surface area contributed by atoms with E-state index in [1.807, 2.05) is 6.92 Å². The van der Waals surface area contributed by atoms with Gasteiger partial charge in [0, 0.05) is 11.3 Å². The van der Waals surface area contributed by atoms with Gasteiger partial charge in [-0.05, 0) is 30.5 Å². The lowest BCUT2D eigenvalue weighted by atomic mass is 9.98. The van der Waals surface area contributed by atoms with Crippen molar-refractivity contribution >= 4 is 5.69 Å². The summed E-state index contributed by atoms with van der Waals surface area (Å²) in [7, 11) is 0. The van der Waals surface area contributed by atoms with Gasteiger partial charge in [0.1, 0.15) is 0 Å². The zero-order valence-electron chi connectivity index (χ0n) is 12.2. The van der Waals surface area contributed by atoms with Crippen molar-refractivity contribution in [3.63, 3.8) is 0 Å². The molecular weight excluding hydrogens is 294 g/mol.